The predicted molar refractivity (Wildman–Crippen MR) is 130 cm³/mol. The number of hydrogen-bond donors (Lipinski definition) is 1. The summed E-state index contributed by atoms with van der Waals surface area (Å²) in [6.45, 7) is 8.76. The van der Waals surface area contributed by atoms with Gasteiger partial charge in [0.05, 0.1) is 54.3 Å². The van der Waals surface area contributed by atoms with Crippen LogP contribution in [0, 0.1) is 11.3 Å². The van der Waals surface area contributed by atoms with Crippen LogP contribution in [0.4, 0.5) is 5.69 Å². The molecule has 0 atom stereocenters. The zero-order valence-electron chi connectivity index (χ0n) is 19.6. The summed E-state index contributed by atoms with van der Waals surface area (Å²) in [5.74, 6) is 0.701. The van der Waals surface area contributed by atoms with E-state index < -0.39 is 0 Å². The summed E-state index contributed by atoms with van der Waals surface area (Å²) in [7, 11) is 0. The van der Waals surface area contributed by atoms with Gasteiger partial charge in [-0.15, -0.1) is 0 Å². The molecule has 5 rings (SSSR count). The second kappa shape index (κ2) is 9.58. The number of fused-ring (bicyclic) bond motifs is 1. The van der Waals surface area contributed by atoms with Crippen molar-refractivity contribution < 1.29 is 9.47 Å². The number of piperidine rings is 1. The van der Waals surface area contributed by atoms with Crippen molar-refractivity contribution in [3.8, 4) is 23.1 Å². The van der Waals surface area contributed by atoms with E-state index in [4.69, 9.17) is 20.2 Å². The van der Waals surface area contributed by atoms with Crippen LogP contribution in [0.1, 0.15) is 25.3 Å². The Labute approximate surface area is 199 Å². The zero-order valence-corrected chi connectivity index (χ0v) is 19.6. The topological polar surface area (TPSA) is 105 Å². The van der Waals surface area contributed by atoms with Crippen molar-refractivity contribution in [1.29, 1.82) is 5.26 Å². The summed E-state index contributed by atoms with van der Waals surface area (Å²) in [4.78, 5) is 9.42. The van der Waals surface area contributed by atoms with Crippen molar-refractivity contribution in [2.24, 2.45) is 5.73 Å². The van der Waals surface area contributed by atoms with Crippen molar-refractivity contribution in [2.45, 2.75) is 25.3 Å². The monoisotopic (exact) mass is 461 g/mol. The van der Waals surface area contributed by atoms with Crippen LogP contribution in [0.3, 0.4) is 0 Å². The van der Waals surface area contributed by atoms with Gasteiger partial charge < -0.3 is 20.1 Å². The van der Waals surface area contributed by atoms with Gasteiger partial charge in [0.2, 0.25) is 0 Å². The lowest BCUT2D eigenvalue weighted by molar-refractivity contribution is 0.0322. The molecule has 2 fully saturated rings. The lowest BCUT2D eigenvalue weighted by Crippen LogP contribution is -2.48. The summed E-state index contributed by atoms with van der Waals surface area (Å²) < 4.78 is 13.2. The van der Waals surface area contributed by atoms with Crippen molar-refractivity contribution in [2.75, 3.05) is 57.4 Å². The molecule has 0 aliphatic carbocycles. The third kappa shape index (κ3) is 4.85. The molecule has 0 unspecified atom stereocenters. The first-order valence-electron chi connectivity index (χ1n) is 11.9. The molecule has 0 bridgehead atoms. The number of pyridine rings is 2. The van der Waals surface area contributed by atoms with Gasteiger partial charge in [0.25, 0.3) is 0 Å². The first kappa shape index (κ1) is 22.6. The number of morpholine rings is 1. The Bertz CT molecular complexity index is 1170. The van der Waals surface area contributed by atoms with Crippen molar-refractivity contribution in [3.63, 3.8) is 0 Å². The van der Waals surface area contributed by atoms with Gasteiger partial charge in [-0.2, -0.15) is 10.4 Å². The van der Waals surface area contributed by atoms with E-state index in [-0.39, 0.29) is 5.54 Å². The maximum Gasteiger partial charge on any atom is 0.138 e. The molecule has 2 aliphatic heterocycles. The molecule has 0 saturated carbocycles. The van der Waals surface area contributed by atoms with Crippen LogP contribution in [0.15, 0.2) is 36.8 Å². The molecular formula is C25H31N7O2. The number of aromatic nitrogens is 3. The Morgan fingerprint density at radius 1 is 1.18 bits per heavy atom. The second-order valence-electron chi connectivity index (χ2n) is 9.40. The number of rotatable bonds is 6. The molecule has 9 nitrogen and oxygen atoms in total. The largest absolute Gasteiger partial charge is 0.491 e. The average molecular weight is 462 g/mol. The van der Waals surface area contributed by atoms with Crippen LogP contribution < -0.4 is 15.4 Å². The fourth-order valence-electron chi connectivity index (χ4n) is 4.58. The van der Waals surface area contributed by atoms with Gasteiger partial charge in [0.15, 0.2) is 0 Å². The van der Waals surface area contributed by atoms with Gasteiger partial charge in [-0.25, -0.2) is 4.52 Å². The second-order valence-corrected chi connectivity index (χ2v) is 9.40. The molecule has 2 aliphatic rings. The van der Waals surface area contributed by atoms with Crippen LogP contribution in [0.25, 0.3) is 16.8 Å². The Morgan fingerprint density at radius 2 is 1.97 bits per heavy atom. The SMILES string of the molecule is CC1(N)CCN(c2ccc(-c3cc(OCCN4CCOCC4)cn4ncc(C#N)c34)nc2)CC1. The van der Waals surface area contributed by atoms with E-state index >= 15 is 0 Å². The van der Waals surface area contributed by atoms with Gasteiger partial charge in [-0.3, -0.25) is 9.88 Å². The zero-order chi connectivity index (χ0) is 23.5. The highest BCUT2D eigenvalue weighted by molar-refractivity contribution is 5.83. The van der Waals surface area contributed by atoms with Gasteiger partial charge in [-0.05, 0) is 38.0 Å². The summed E-state index contributed by atoms with van der Waals surface area (Å²) in [6.07, 6.45) is 7.23. The number of anilines is 1. The molecule has 178 valence electrons. The number of nitriles is 1. The average Bonchev–Trinajstić information content (AvgIpc) is 3.28. The number of hydrogen-bond acceptors (Lipinski definition) is 8. The molecule has 0 spiro atoms. The Balaban J connectivity index is 1.37. The van der Waals surface area contributed by atoms with Crippen LogP contribution >= 0.6 is 0 Å². The van der Waals surface area contributed by atoms with E-state index in [1.54, 1.807) is 10.7 Å². The third-order valence-corrected chi connectivity index (χ3v) is 6.78. The van der Waals surface area contributed by atoms with Crippen molar-refractivity contribution in [1.82, 2.24) is 19.5 Å². The summed E-state index contributed by atoms with van der Waals surface area (Å²) in [5, 5.41) is 14.0. The fraction of sp³-hybridized carbons (Fsp3) is 0.480. The highest BCUT2D eigenvalue weighted by Crippen LogP contribution is 2.31. The summed E-state index contributed by atoms with van der Waals surface area (Å²) in [6, 6.07) is 8.30. The number of nitrogens with two attached hydrogens (primary N) is 1. The van der Waals surface area contributed by atoms with Crippen LogP contribution in [-0.2, 0) is 4.74 Å². The maximum atomic E-state index is 9.62. The Kier molecular flexibility index (Phi) is 6.37. The molecule has 0 radical (unpaired) electrons. The quantitative estimate of drug-likeness (QED) is 0.596. The molecule has 3 aromatic heterocycles. The first-order chi connectivity index (χ1) is 16.5. The van der Waals surface area contributed by atoms with E-state index in [1.165, 1.54) is 0 Å². The minimum absolute atomic E-state index is 0.0899. The van der Waals surface area contributed by atoms with Crippen LogP contribution in [0.5, 0.6) is 5.75 Å². The lowest BCUT2D eigenvalue weighted by atomic mass is 9.91. The van der Waals surface area contributed by atoms with Crippen LogP contribution in [-0.4, -0.2) is 77.6 Å². The molecule has 2 saturated heterocycles. The van der Waals surface area contributed by atoms with Gasteiger partial charge in [0, 0.05) is 43.8 Å². The van der Waals surface area contributed by atoms with Crippen molar-refractivity contribution >= 4 is 11.2 Å². The first-order valence-corrected chi connectivity index (χ1v) is 11.9. The molecule has 2 N–H and O–H groups in total. The summed E-state index contributed by atoms with van der Waals surface area (Å²) >= 11 is 0. The lowest BCUT2D eigenvalue weighted by Gasteiger charge is -2.37. The molecule has 3 aromatic rings. The van der Waals surface area contributed by atoms with E-state index in [9.17, 15) is 5.26 Å². The van der Waals surface area contributed by atoms with E-state index in [1.807, 2.05) is 24.5 Å². The maximum absolute atomic E-state index is 9.62. The van der Waals surface area contributed by atoms with E-state index in [0.717, 1.165) is 81.2 Å². The van der Waals surface area contributed by atoms with E-state index in [0.29, 0.717) is 17.9 Å². The smallest absolute Gasteiger partial charge is 0.138 e. The highest BCUT2D eigenvalue weighted by atomic mass is 16.5. The molecule has 5 heterocycles. The minimum Gasteiger partial charge on any atom is -0.491 e. The Hall–Kier alpha value is -3.19. The molecular weight excluding hydrogens is 430 g/mol. The number of nitrogens with zero attached hydrogens (tertiary/aromatic N) is 6. The summed E-state index contributed by atoms with van der Waals surface area (Å²) in [5.41, 5.74) is 10.1. The normalized spacial score (nSPS) is 18.7. The molecule has 9 heteroatoms. The third-order valence-electron chi connectivity index (χ3n) is 6.78. The van der Waals surface area contributed by atoms with Gasteiger partial charge in [0.1, 0.15) is 18.4 Å². The highest BCUT2D eigenvalue weighted by Gasteiger charge is 2.26. The Morgan fingerprint density at radius 3 is 2.68 bits per heavy atom. The fourth-order valence-corrected chi connectivity index (χ4v) is 4.58. The minimum atomic E-state index is -0.0899. The van der Waals surface area contributed by atoms with Gasteiger partial charge >= 0.3 is 0 Å². The predicted octanol–water partition coefficient (Wildman–Crippen LogP) is 2.30. The van der Waals surface area contributed by atoms with Crippen LogP contribution in [0.2, 0.25) is 0 Å². The molecule has 0 aromatic carbocycles. The van der Waals surface area contributed by atoms with Gasteiger partial charge in [-0.1, -0.05) is 0 Å². The standard InChI is InChI=1S/C25H31N7O2/c1-25(27)4-6-31(7-5-25)20-2-3-23(28-17-20)22-14-21(18-32-24(22)19(15-26)16-29-32)34-13-10-30-8-11-33-12-9-30/h2-3,14,16-18H,4-13,27H2,1H3. The number of ether oxygens (including phenoxy) is 2. The molecule has 0 amide bonds. The molecule has 34 heavy (non-hydrogen) atoms. The van der Waals surface area contributed by atoms with Crippen molar-refractivity contribution in [3.05, 3.63) is 42.4 Å². The van der Waals surface area contributed by atoms with E-state index in [2.05, 4.69) is 34.0 Å².